The van der Waals surface area contributed by atoms with Gasteiger partial charge < -0.3 is 10.2 Å². The number of carbonyl (C=O) groups excluding carboxylic acids is 2. The molecule has 7 heteroatoms. The number of likely N-dealkylation sites (tertiary alicyclic amines) is 1. The highest BCUT2D eigenvalue weighted by molar-refractivity contribution is 6.30. The van der Waals surface area contributed by atoms with E-state index in [9.17, 15) is 9.59 Å². The molecule has 31 heavy (non-hydrogen) atoms. The number of hydrogen-bond donors (Lipinski definition) is 1. The summed E-state index contributed by atoms with van der Waals surface area (Å²) < 4.78 is 1.86. The van der Waals surface area contributed by atoms with Crippen LogP contribution in [0.25, 0.3) is 5.69 Å². The predicted octanol–water partition coefficient (Wildman–Crippen LogP) is 4.23. The first-order chi connectivity index (χ1) is 14.8. The summed E-state index contributed by atoms with van der Waals surface area (Å²) in [5.41, 5.74) is 3.66. The fraction of sp³-hybridized carbons (Fsp3) is 0.542. The lowest BCUT2D eigenvalue weighted by Crippen LogP contribution is -2.50. The number of unbranched alkanes of at least 4 members (excludes halogenated alkanes) is 1. The quantitative estimate of drug-likeness (QED) is 0.650. The molecule has 2 unspecified atom stereocenters. The summed E-state index contributed by atoms with van der Waals surface area (Å²) in [6, 6.07) is 7.64. The lowest BCUT2D eigenvalue weighted by atomic mass is 9.92. The normalized spacial score (nSPS) is 18.8. The summed E-state index contributed by atoms with van der Waals surface area (Å²) in [6.07, 6.45) is 4.00. The van der Waals surface area contributed by atoms with Crippen molar-refractivity contribution < 1.29 is 9.59 Å². The van der Waals surface area contributed by atoms with E-state index in [-0.39, 0.29) is 23.8 Å². The number of hydrogen-bond acceptors (Lipinski definition) is 3. The molecule has 1 saturated heterocycles. The molecule has 2 amide bonds. The molecule has 1 aromatic heterocycles. The van der Waals surface area contributed by atoms with Gasteiger partial charge in [-0.1, -0.05) is 24.9 Å². The van der Waals surface area contributed by atoms with Gasteiger partial charge in [-0.05, 0) is 64.3 Å². The molecular formula is C24H33ClN4O2. The highest BCUT2D eigenvalue weighted by atomic mass is 35.5. The van der Waals surface area contributed by atoms with Crippen molar-refractivity contribution in [3.05, 3.63) is 46.2 Å². The fourth-order valence-corrected chi connectivity index (χ4v) is 4.34. The summed E-state index contributed by atoms with van der Waals surface area (Å²) in [4.78, 5) is 27.6. The van der Waals surface area contributed by atoms with Crippen molar-refractivity contribution in [2.45, 2.75) is 65.8 Å². The standard InChI is InChI=1S/C24H33ClN4O2/c1-5-6-13-26-24(31)19-8-7-16(2)28(15-19)23(30)14-22-17(3)27-29(18(22)4)21-11-9-20(25)10-12-21/h9-12,16,19H,5-8,13-15H2,1-4H3,(H,26,31). The molecule has 2 atom stereocenters. The number of piperidine rings is 1. The summed E-state index contributed by atoms with van der Waals surface area (Å²) in [5.74, 6) is -0.00234. The third-order valence-electron chi connectivity index (χ3n) is 6.24. The molecule has 1 aromatic carbocycles. The van der Waals surface area contributed by atoms with Crippen LogP contribution in [0.15, 0.2) is 24.3 Å². The van der Waals surface area contributed by atoms with Gasteiger partial charge in [0.05, 0.1) is 23.7 Å². The van der Waals surface area contributed by atoms with E-state index in [0.717, 1.165) is 48.3 Å². The number of aromatic nitrogens is 2. The summed E-state index contributed by atoms with van der Waals surface area (Å²) in [6.45, 7) is 9.29. The van der Waals surface area contributed by atoms with Gasteiger partial charge in [-0.2, -0.15) is 5.10 Å². The van der Waals surface area contributed by atoms with Gasteiger partial charge in [0.2, 0.25) is 11.8 Å². The minimum Gasteiger partial charge on any atom is -0.356 e. The minimum atomic E-state index is -0.129. The van der Waals surface area contributed by atoms with Crippen molar-refractivity contribution >= 4 is 23.4 Å². The van der Waals surface area contributed by atoms with Crippen LogP contribution in [0.1, 0.15) is 56.5 Å². The molecule has 1 aliphatic heterocycles. The van der Waals surface area contributed by atoms with Crippen LogP contribution < -0.4 is 5.32 Å². The first-order valence-electron chi connectivity index (χ1n) is 11.2. The Morgan fingerprint density at radius 3 is 2.58 bits per heavy atom. The lowest BCUT2D eigenvalue weighted by Gasteiger charge is -2.37. The average molecular weight is 445 g/mol. The number of carbonyl (C=O) groups is 2. The Hall–Kier alpha value is -2.34. The molecule has 0 bridgehead atoms. The van der Waals surface area contributed by atoms with E-state index < -0.39 is 0 Å². The number of benzene rings is 1. The summed E-state index contributed by atoms with van der Waals surface area (Å²) in [5, 5.41) is 8.35. The van der Waals surface area contributed by atoms with Gasteiger partial charge >= 0.3 is 0 Å². The van der Waals surface area contributed by atoms with E-state index >= 15 is 0 Å². The van der Waals surface area contributed by atoms with Crippen LogP contribution in [-0.2, 0) is 16.0 Å². The third kappa shape index (κ3) is 5.48. The largest absolute Gasteiger partial charge is 0.356 e. The molecule has 1 N–H and O–H groups in total. The Morgan fingerprint density at radius 2 is 1.90 bits per heavy atom. The molecule has 1 aliphatic rings. The molecule has 0 radical (unpaired) electrons. The smallest absolute Gasteiger partial charge is 0.227 e. The van der Waals surface area contributed by atoms with Crippen LogP contribution in [0.5, 0.6) is 0 Å². The van der Waals surface area contributed by atoms with Crippen molar-refractivity contribution in [3.63, 3.8) is 0 Å². The molecule has 2 heterocycles. The SMILES string of the molecule is CCCCNC(=O)C1CCC(C)N(C(=O)Cc2c(C)nn(-c3ccc(Cl)cc3)c2C)C1. The summed E-state index contributed by atoms with van der Waals surface area (Å²) in [7, 11) is 0. The van der Waals surface area contributed by atoms with E-state index in [4.69, 9.17) is 11.6 Å². The number of halogens is 1. The number of nitrogens with zero attached hydrogens (tertiary/aromatic N) is 3. The zero-order chi connectivity index (χ0) is 22.5. The molecular weight excluding hydrogens is 412 g/mol. The molecule has 0 spiro atoms. The van der Waals surface area contributed by atoms with E-state index in [1.165, 1.54) is 0 Å². The van der Waals surface area contributed by atoms with Crippen LogP contribution in [0.2, 0.25) is 5.02 Å². The van der Waals surface area contributed by atoms with Crippen molar-refractivity contribution in [3.8, 4) is 5.69 Å². The van der Waals surface area contributed by atoms with Gasteiger partial charge in [-0.3, -0.25) is 9.59 Å². The van der Waals surface area contributed by atoms with Crippen LogP contribution in [0.4, 0.5) is 0 Å². The molecule has 6 nitrogen and oxygen atoms in total. The first kappa shape index (κ1) is 23.3. The van der Waals surface area contributed by atoms with Crippen molar-refractivity contribution in [1.82, 2.24) is 20.0 Å². The van der Waals surface area contributed by atoms with Gasteiger partial charge in [0.25, 0.3) is 0 Å². The maximum absolute atomic E-state index is 13.2. The summed E-state index contributed by atoms with van der Waals surface area (Å²) >= 11 is 6.00. The maximum atomic E-state index is 13.2. The van der Waals surface area contributed by atoms with Crippen molar-refractivity contribution in [1.29, 1.82) is 0 Å². The van der Waals surface area contributed by atoms with Gasteiger partial charge in [-0.25, -0.2) is 4.68 Å². The molecule has 1 fully saturated rings. The van der Waals surface area contributed by atoms with E-state index in [2.05, 4.69) is 24.3 Å². The van der Waals surface area contributed by atoms with E-state index in [1.807, 2.05) is 47.7 Å². The van der Waals surface area contributed by atoms with Crippen LogP contribution >= 0.6 is 11.6 Å². The topological polar surface area (TPSA) is 67.2 Å². The van der Waals surface area contributed by atoms with Crippen molar-refractivity contribution in [2.75, 3.05) is 13.1 Å². The molecule has 3 rings (SSSR count). The maximum Gasteiger partial charge on any atom is 0.227 e. The minimum absolute atomic E-state index is 0.0559. The zero-order valence-electron chi connectivity index (χ0n) is 18.9. The molecule has 0 aliphatic carbocycles. The lowest BCUT2D eigenvalue weighted by molar-refractivity contribution is -0.137. The van der Waals surface area contributed by atoms with Crippen LogP contribution in [0.3, 0.4) is 0 Å². The van der Waals surface area contributed by atoms with Crippen LogP contribution in [-0.4, -0.2) is 45.6 Å². The Balaban J connectivity index is 1.71. The van der Waals surface area contributed by atoms with Gasteiger partial charge in [0.1, 0.15) is 0 Å². The predicted molar refractivity (Wildman–Crippen MR) is 124 cm³/mol. The number of amides is 2. The highest BCUT2D eigenvalue weighted by Gasteiger charge is 2.33. The average Bonchev–Trinajstić information content (AvgIpc) is 3.03. The van der Waals surface area contributed by atoms with Gasteiger partial charge in [0.15, 0.2) is 0 Å². The number of rotatable bonds is 7. The second-order valence-electron chi connectivity index (χ2n) is 8.53. The third-order valence-corrected chi connectivity index (χ3v) is 6.50. The first-order valence-corrected chi connectivity index (χ1v) is 11.6. The van der Waals surface area contributed by atoms with Gasteiger partial charge in [-0.15, -0.1) is 0 Å². The number of aryl methyl sites for hydroxylation is 1. The molecule has 168 valence electrons. The Kier molecular flexibility index (Phi) is 7.76. The second-order valence-corrected chi connectivity index (χ2v) is 8.96. The zero-order valence-corrected chi connectivity index (χ0v) is 19.7. The van der Waals surface area contributed by atoms with Gasteiger partial charge in [0, 0.05) is 35.4 Å². The second kappa shape index (κ2) is 10.3. The van der Waals surface area contributed by atoms with Crippen LogP contribution in [0, 0.1) is 19.8 Å². The molecule has 0 saturated carbocycles. The fourth-order valence-electron chi connectivity index (χ4n) is 4.22. The molecule has 2 aromatic rings. The Morgan fingerprint density at radius 1 is 1.19 bits per heavy atom. The Labute approximate surface area is 190 Å². The monoisotopic (exact) mass is 444 g/mol. The van der Waals surface area contributed by atoms with E-state index in [1.54, 1.807) is 0 Å². The Bertz CT molecular complexity index is 922. The number of nitrogens with one attached hydrogen (secondary N) is 1. The highest BCUT2D eigenvalue weighted by Crippen LogP contribution is 2.25. The van der Waals surface area contributed by atoms with Crippen molar-refractivity contribution in [2.24, 2.45) is 5.92 Å². The van der Waals surface area contributed by atoms with E-state index in [0.29, 0.717) is 24.5 Å².